The topological polar surface area (TPSA) is 155 Å². The first-order valence-electron chi connectivity index (χ1n) is 12.5. The molecule has 1 aromatic rings. The number of amides is 3. The smallest absolute Gasteiger partial charge is 0.271 e. The third kappa shape index (κ3) is 7.41. The van der Waals surface area contributed by atoms with Crippen LogP contribution in [0.1, 0.15) is 79.3 Å². The molecule has 1 aliphatic heterocycles. The van der Waals surface area contributed by atoms with E-state index in [2.05, 4.69) is 27.5 Å². The average molecular weight is 506 g/mol. The molecule has 7 N–H and O–H groups in total. The zero-order chi connectivity index (χ0) is 25.4. The van der Waals surface area contributed by atoms with Crippen LogP contribution in [0.2, 0.25) is 0 Å². The standard InChI is InChI=1S/C24H39N7O3S/c1-15(25)28-11-7-6-10-18(21(32)27-2)29-22(33)19-14-35-23(30-19)20-12-17(26)13-31(20)24(34)16-8-4-3-5-9-16/h14,16-18,20,28H,1,3-13,25-26H2,2H3,(H,27,32)(H,29,33)/t17-,18+,20+/m1/s1. The van der Waals surface area contributed by atoms with E-state index in [0.717, 1.165) is 43.5 Å². The molecule has 1 saturated heterocycles. The van der Waals surface area contributed by atoms with Gasteiger partial charge in [-0.2, -0.15) is 0 Å². The summed E-state index contributed by atoms with van der Waals surface area (Å²) >= 11 is 1.36. The van der Waals surface area contributed by atoms with Gasteiger partial charge in [-0.3, -0.25) is 14.4 Å². The lowest BCUT2D eigenvalue weighted by Gasteiger charge is -2.29. The summed E-state index contributed by atoms with van der Waals surface area (Å²) in [7, 11) is 1.55. The maximum atomic E-state index is 13.2. The Hall–Kier alpha value is -2.66. The Balaban J connectivity index is 1.61. The second-order valence-electron chi connectivity index (χ2n) is 9.50. The molecule has 3 amide bonds. The van der Waals surface area contributed by atoms with Gasteiger partial charge in [-0.1, -0.05) is 25.8 Å². The lowest BCUT2D eigenvalue weighted by Crippen LogP contribution is -2.45. The van der Waals surface area contributed by atoms with Crippen molar-refractivity contribution in [1.82, 2.24) is 25.8 Å². The van der Waals surface area contributed by atoms with E-state index in [4.69, 9.17) is 11.5 Å². The van der Waals surface area contributed by atoms with Crippen molar-refractivity contribution in [2.24, 2.45) is 17.4 Å². The highest BCUT2D eigenvalue weighted by atomic mass is 32.1. The monoisotopic (exact) mass is 505 g/mol. The van der Waals surface area contributed by atoms with Crippen LogP contribution in [-0.2, 0) is 9.59 Å². The van der Waals surface area contributed by atoms with E-state index in [0.29, 0.717) is 31.8 Å². The molecule has 0 unspecified atom stereocenters. The molecule has 1 saturated carbocycles. The number of nitrogens with one attached hydrogen (secondary N) is 3. The van der Waals surface area contributed by atoms with Gasteiger partial charge in [0.25, 0.3) is 5.91 Å². The Kier molecular flexibility index (Phi) is 9.91. The number of thiazole rings is 1. The van der Waals surface area contributed by atoms with Gasteiger partial charge in [-0.05, 0) is 38.5 Å². The molecule has 11 heteroatoms. The zero-order valence-corrected chi connectivity index (χ0v) is 21.4. The Bertz CT molecular complexity index is 899. The molecule has 3 atom stereocenters. The molecule has 10 nitrogen and oxygen atoms in total. The van der Waals surface area contributed by atoms with Gasteiger partial charge in [-0.25, -0.2) is 4.98 Å². The number of carbonyl (C=O) groups is 3. The molecule has 0 spiro atoms. The number of hydrogen-bond donors (Lipinski definition) is 5. The van der Waals surface area contributed by atoms with Crippen molar-refractivity contribution in [3.8, 4) is 0 Å². The van der Waals surface area contributed by atoms with Gasteiger partial charge in [0, 0.05) is 37.5 Å². The lowest BCUT2D eigenvalue weighted by atomic mass is 9.88. The molecule has 2 heterocycles. The number of likely N-dealkylation sites (tertiary alicyclic amines) is 1. The van der Waals surface area contributed by atoms with Crippen molar-refractivity contribution >= 4 is 29.1 Å². The Morgan fingerprint density at radius 1 is 1.26 bits per heavy atom. The Labute approximate surface area is 211 Å². The molecule has 0 aromatic carbocycles. The first-order chi connectivity index (χ1) is 16.8. The average Bonchev–Trinajstić information content (AvgIpc) is 3.49. The van der Waals surface area contributed by atoms with Crippen molar-refractivity contribution < 1.29 is 14.4 Å². The summed E-state index contributed by atoms with van der Waals surface area (Å²) < 4.78 is 0. The third-order valence-corrected chi connectivity index (χ3v) is 7.70. The van der Waals surface area contributed by atoms with Crippen molar-refractivity contribution in [2.45, 2.75) is 75.9 Å². The van der Waals surface area contributed by atoms with Gasteiger partial charge in [0.1, 0.15) is 16.7 Å². The largest absolute Gasteiger partial charge is 0.386 e. The minimum Gasteiger partial charge on any atom is -0.386 e. The summed E-state index contributed by atoms with van der Waals surface area (Å²) in [5.74, 6) is -0.0253. The molecule has 2 aliphatic rings. The predicted octanol–water partition coefficient (Wildman–Crippen LogP) is 1.36. The van der Waals surface area contributed by atoms with Crippen molar-refractivity contribution in [3.05, 3.63) is 28.5 Å². The number of hydrogen-bond acceptors (Lipinski definition) is 8. The van der Waals surface area contributed by atoms with Crippen LogP contribution in [0.15, 0.2) is 17.8 Å². The lowest BCUT2D eigenvalue weighted by molar-refractivity contribution is -0.137. The van der Waals surface area contributed by atoms with Gasteiger partial charge >= 0.3 is 0 Å². The first kappa shape index (κ1) is 26.9. The van der Waals surface area contributed by atoms with Crippen molar-refractivity contribution in [3.63, 3.8) is 0 Å². The zero-order valence-electron chi connectivity index (χ0n) is 20.6. The van der Waals surface area contributed by atoms with Gasteiger partial charge < -0.3 is 32.3 Å². The number of nitrogens with zero attached hydrogens (tertiary/aromatic N) is 2. The van der Waals surface area contributed by atoms with Crippen molar-refractivity contribution in [2.75, 3.05) is 20.1 Å². The molecule has 0 bridgehead atoms. The fraction of sp³-hybridized carbons (Fsp3) is 0.667. The van der Waals surface area contributed by atoms with Gasteiger partial charge in [0.15, 0.2) is 0 Å². The predicted molar refractivity (Wildman–Crippen MR) is 136 cm³/mol. The van der Waals surface area contributed by atoms with E-state index in [1.165, 1.54) is 17.8 Å². The first-order valence-corrected chi connectivity index (χ1v) is 13.4. The highest BCUT2D eigenvalue weighted by Crippen LogP contribution is 2.36. The van der Waals surface area contributed by atoms with E-state index in [1.807, 2.05) is 4.90 Å². The molecule has 3 rings (SSSR count). The summed E-state index contributed by atoms with van der Waals surface area (Å²) in [5, 5.41) is 10.8. The number of aromatic nitrogens is 1. The second-order valence-corrected chi connectivity index (χ2v) is 10.4. The maximum Gasteiger partial charge on any atom is 0.271 e. The van der Waals surface area contributed by atoms with Crippen LogP contribution in [0.4, 0.5) is 0 Å². The van der Waals surface area contributed by atoms with E-state index in [-0.39, 0.29) is 35.5 Å². The summed E-state index contributed by atoms with van der Waals surface area (Å²) in [4.78, 5) is 44.9. The highest BCUT2D eigenvalue weighted by Gasteiger charge is 2.39. The molecule has 2 fully saturated rings. The van der Waals surface area contributed by atoms with Gasteiger partial charge in [0.05, 0.1) is 11.9 Å². The molecule has 194 valence electrons. The summed E-state index contributed by atoms with van der Waals surface area (Å²) in [5.41, 5.74) is 12.0. The minimum absolute atomic E-state index is 0.0608. The second kappa shape index (κ2) is 12.9. The molecular weight excluding hydrogens is 466 g/mol. The highest BCUT2D eigenvalue weighted by molar-refractivity contribution is 7.09. The summed E-state index contributed by atoms with van der Waals surface area (Å²) in [6, 6.07) is -0.967. The molecule has 0 radical (unpaired) electrons. The van der Waals surface area contributed by atoms with Gasteiger partial charge in [-0.15, -0.1) is 11.3 Å². The van der Waals surface area contributed by atoms with E-state index >= 15 is 0 Å². The Morgan fingerprint density at radius 2 is 2.00 bits per heavy atom. The number of nitrogens with two attached hydrogens (primary N) is 2. The minimum atomic E-state index is -0.664. The molecule has 35 heavy (non-hydrogen) atoms. The number of carbonyl (C=O) groups excluding carboxylic acids is 3. The van der Waals surface area contributed by atoms with Gasteiger partial charge in [0.2, 0.25) is 11.8 Å². The molecular formula is C24H39N7O3S. The summed E-state index contributed by atoms with van der Waals surface area (Å²) in [6.07, 6.45) is 7.87. The van der Waals surface area contributed by atoms with E-state index < -0.39 is 11.9 Å². The van der Waals surface area contributed by atoms with Crippen LogP contribution in [0, 0.1) is 5.92 Å². The number of likely N-dealkylation sites (N-methyl/N-ethyl adjacent to an activating group) is 1. The SMILES string of the molecule is C=C(N)NCCCC[C@H](NC(=O)c1csc([C@@H]2C[C@@H](N)CN2C(=O)C2CCCCC2)n1)C(=O)NC. The van der Waals surface area contributed by atoms with Crippen LogP contribution in [0.25, 0.3) is 0 Å². The maximum absolute atomic E-state index is 13.2. The number of unbranched alkanes of at least 4 members (excludes halogenated alkanes) is 1. The quantitative estimate of drug-likeness (QED) is 0.284. The van der Waals surface area contributed by atoms with E-state index in [9.17, 15) is 14.4 Å². The molecule has 1 aromatic heterocycles. The number of rotatable bonds is 11. The summed E-state index contributed by atoms with van der Waals surface area (Å²) in [6.45, 7) is 4.76. The fourth-order valence-electron chi connectivity index (χ4n) is 4.87. The molecule has 1 aliphatic carbocycles. The van der Waals surface area contributed by atoms with E-state index in [1.54, 1.807) is 12.4 Å². The Morgan fingerprint density at radius 3 is 2.69 bits per heavy atom. The van der Waals surface area contributed by atoms with Crippen LogP contribution in [0.5, 0.6) is 0 Å². The third-order valence-electron chi connectivity index (χ3n) is 6.75. The van der Waals surface area contributed by atoms with Crippen LogP contribution in [0.3, 0.4) is 0 Å². The van der Waals surface area contributed by atoms with Crippen LogP contribution in [-0.4, -0.2) is 59.8 Å². The fourth-order valence-corrected chi connectivity index (χ4v) is 5.80. The van der Waals surface area contributed by atoms with Crippen LogP contribution >= 0.6 is 11.3 Å². The van der Waals surface area contributed by atoms with Crippen molar-refractivity contribution in [1.29, 1.82) is 0 Å². The van der Waals surface area contributed by atoms with Crippen LogP contribution < -0.4 is 27.4 Å². The normalized spacial score (nSPS) is 21.4.